The molecule has 156 valence electrons. The predicted molar refractivity (Wildman–Crippen MR) is 85.2 cm³/mol. The van der Waals surface area contributed by atoms with Gasteiger partial charge in [-0.3, -0.25) is 0 Å². The van der Waals surface area contributed by atoms with Crippen LogP contribution in [-0.4, -0.2) is 42.8 Å². The number of ether oxygens (including phenoxy) is 2. The van der Waals surface area contributed by atoms with Gasteiger partial charge in [0.05, 0.1) is 13.7 Å². The summed E-state index contributed by atoms with van der Waals surface area (Å²) in [6.07, 6.45) is 1.61. The van der Waals surface area contributed by atoms with Gasteiger partial charge in [-0.05, 0) is 31.2 Å². The van der Waals surface area contributed by atoms with Crippen LogP contribution in [0.2, 0.25) is 0 Å². The Labute approximate surface area is 157 Å². The minimum Gasteiger partial charge on any atom is -0.741 e. The summed E-state index contributed by atoms with van der Waals surface area (Å²) in [7, 11) is -2.86. The predicted octanol–water partition coefficient (Wildman–Crippen LogP) is 1.68. The van der Waals surface area contributed by atoms with E-state index in [9.17, 15) is 22.4 Å². The average molecular weight is 428 g/mol. The van der Waals surface area contributed by atoms with Gasteiger partial charge in [0.25, 0.3) is 5.88 Å². The Morgan fingerprint density at radius 3 is 2.14 bits per heavy atom. The molecule has 1 heterocycles. The van der Waals surface area contributed by atoms with Crippen LogP contribution in [0.5, 0.6) is 5.88 Å². The van der Waals surface area contributed by atoms with Crippen molar-refractivity contribution in [3.8, 4) is 11.6 Å². The molecule has 0 radical (unpaired) electrons. The molecule has 0 aliphatic carbocycles. The Balaban J connectivity index is 0.000000416. The zero-order valence-corrected chi connectivity index (χ0v) is 15.7. The molecular weight excluding hydrogens is 412 g/mol. The first-order valence-electron chi connectivity index (χ1n) is 7.44. The molecule has 0 unspecified atom stereocenters. The topological polar surface area (TPSA) is 102 Å². The number of halogens is 4. The molecule has 1 aromatic heterocycles. The lowest BCUT2D eigenvalue weighted by Gasteiger charge is -2.08. The molecule has 2 aromatic rings. The first-order chi connectivity index (χ1) is 12.8. The minimum atomic E-state index is -6.09. The Bertz CT molecular complexity index is 923. The van der Waals surface area contributed by atoms with Crippen molar-refractivity contribution >= 4 is 16.1 Å². The van der Waals surface area contributed by atoms with E-state index < -0.39 is 21.6 Å². The molecule has 1 aromatic carbocycles. The monoisotopic (exact) mass is 428 g/mol. The van der Waals surface area contributed by atoms with Crippen molar-refractivity contribution in [2.75, 3.05) is 13.7 Å². The van der Waals surface area contributed by atoms with Crippen LogP contribution in [0.3, 0.4) is 0 Å². The summed E-state index contributed by atoms with van der Waals surface area (Å²) in [4.78, 5) is 11.9. The first kappa shape index (κ1) is 23.4. The highest BCUT2D eigenvalue weighted by atomic mass is 32.2. The maximum Gasteiger partial charge on any atom is 0.485 e. The lowest BCUT2D eigenvalue weighted by atomic mass is 10.3. The molecule has 8 nitrogen and oxygen atoms in total. The molecular formula is C15H16F4N2O6S. The molecule has 0 N–H and O–H groups in total. The van der Waals surface area contributed by atoms with Crippen molar-refractivity contribution < 1.29 is 49.5 Å². The van der Waals surface area contributed by atoms with Crippen molar-refractivity contribution in [3.63, 3.8) is 0 Å². The number of alkyl halides is 3. The quantitative estimate of drug-likeness (QED) is 0.241. The zero-order valence-electron chi connectivity index (χ0n) is 14.9. The van der Waals surface area contributed by atoms with E-state index >= 15 is 0 Å². The highest BCUT2D eigenvalue weighted by Crippen LogP contribution is 2.22. The number of aryl methyl sites for hydroxylation is 1. The molecule has 0 bridgehead atoms. The van der Waals surface area contributed by atoms with Crippen molar-refractivity contribution in [1.29, 1.82) is 0 Å². The van der Waals surface area contributed by atoms with Gasteiger partial charge < -0.3 is 14.0 Å². The van der Waals surface area contributed by atoms with Gasteiger partial charge in [-0.15, -0.1) is 4.68 Å². The van der Waals surface area contributed by atoms with Gasteiger partial charge >= 0.3 is 11.5 Å². The zero-order chi connectivity index (χ0) is 21.7. The molecule has 0 aliphatic heterocycles. The third kappa shape index (κ3) is 5.66. The molecule has 0 atom stereocenters. The summed E-state index contributed by atoms with van der Waals surface area (Å²) in [5.41, 5.74) is -4.64. The van der Waals surface area contributed by atoms with Crippen molar-refractivity contribution in [2.24, 2.45) is 7.05 Å². The molecule has 0 amide bonds. The Morgan fingerprint density at radius 2 is 1.75 bits per heavy atom. The SMILES string of the molecule is CCOC(=O)c1c[n+](C)n(-c2ccc(F)cc2)c1OC.O=S(=O)([O-])C(F)(F)F. The fraction of sp³-hybridized carbons (Fsp3) is 0.333. The first-order valence-corrected chi connectivity index (χ1v) is 8.85. The fourth-order valence-electron chi connectivity index (χ4n) is 1.98. The second kappa shape index (κ2) is 9.01. The van der Waals surface area contributed by atoms with Gasteiger partial charge in [0, 0.05) is 0 Å². The number of aromatic nitrogens is 2. The highest BCUT2D eigenvalue weighted by Gasteiger charge is 2.37. The standard InChI is InChI=1S/C14H16FN2O3.CHF3O3S/c1-4-20-14(18)12-9-16(2)17(13(12)19-3)11-7-5-10(15)6-8-11;2-1(3,4)8(5,6)7/h5-9H,4H2,1-3H3;(H,5,6,7)/q+1;/p-1. The van der Waals surface area contributed by atoms with E-state index in [1.165, 1.54) is 19.2 Å². The number of nitrogens with zero attached hydrogens (tertiary/aromatic N) is 2. The van der Waals surface area contributed by atoms with Gasteiger partial charge in [-0.1, -0.05) is 4.68 Å². The second-order valence-corrected chi connectivity index (χ2v) is 6.41. The fourth-order valence-corrected chi connectivity index (χ4v) is 1.98. The summed E-state index contributed by atoms with van der Waals surface area (Å²) in [5, 5.41) is 0. The van der Waals surface area contributed by atoms with Crippen molar-refractivity contribution in [1.82, 2.24) is 4.68 Å². The van der Waals surface area contributed by atoms with Crippen LogP contribution in [0.25, 0.3) is 5.69 Å². The van der Waals surface area contributed by atoms with Crippen molar-refractivity contribution in [2.45, 2.75) is 12.4 Å². The van der Waals surface area contributed by atoms with Gasteiger partial charge in [-0.25, -0.2) is 17.6 Å². The number of rotatable bonds is 4. The lowest BCUT2D eigenvalue weighted by molar-refractivity contribution is -0.744. The minimum absolute atomic E-state index is 0.285. The maximum atomic E-state index is 13.0. The summed E-state index contributed by atoms with van der Waals surface area (Å²) < 4.78 is 85.5. The van der Waals surface area contributed by atoms with Crippen molar-refractivity contribution in [3.05, 3.63) is 41.8 Å². The van der Waals surface area contributed by atoms with Crippen LogP contribution in [0, 0.1) is 5.82 Å². The van der Waals surface area contributed by atoms with Crippen LogP contribution in [0.4, 0.5) is 17.6 Å². The number of carbonyl (C=O) groups excluding carboxylic acids is 1. The Hall–Kier alpha value is -2.67. The number of hydrogen-bond acceptors (Lipinski definition) is 6. The summed E-state index contributed by atoms with van der Waals surface area (Å²) in [6, 6.07) is 5.90. The number of esters is 1. The number of benzene rings is 1. The largest absolute Gasteiger partial charge is 0.741 e. The van der Waals surface area contributed by atoms with E-state index in [0.29, 0.717) is 17.1 Å². The van der Waals surface area contributed by atoms with Crippen LogP contribution < -0.4 is 9.42 Å². The molecule has 0 saturated carbocycles. The number of carbonyl (C=O) groups is 1. The highest BCUT2D eigenvalue weighted by molar-refractivity contribution is 7.86. The Morgan fingerprint density at radius 1 is 1.25 bits per heavy atom. The number of methoxy groups -OCH3 is 1. The van der Waals surface area contributed by atoms with E-state index in [1.807, 2.05) is 0 Å². The summed E-state index contributed by atoms with van der Waals surface area (Å²) >= 11 is 0. The third-order valence-corrected chi connectivity index (χ3v) is 3.66. The molecule has 0 fully saturated rings. The van der Waals surface area contributed by atoms with Gasteiger partial charge in [0.2, 0.25) is 6.20 Å². The summed E-state index contributed by atoms with van der Waals surface area (Å²) in [6.45, 7) is 2.02. The molecule has 0 spiro atoms. The molecule has 13 heteroatoms. The molecule has 0 saturated heterocycles. The van der Waals surface area contributed by atoms with E-state index in [4.69, 9.17) is 22.4 Å². The van der Waals surface area contributed by atoms with Gasteiger partial charge in [-0.2, -0.15) is 13.2 Å². The second-order valence-electron chi connectivity index (χ2n) is 5.03. The van der Waals surface area contributed by atoms with Crippen LogP contribution in [0.1, 0.15) is 17.3 Å². The van der Waals surface area contributed by atoms with Crippen LogP contribution in [0.15, 0.2) is 30.5 Å². The van der Waals surface area contributed by atoms with Gasteiger partial charge in [0.15, 0.2) is 22.7 Å². The van der Waals surface area contributed by atoms with E-state index in [2.05, 4.69) is 0 Å². The van der Waals surface area contributed by atoms with E-state index in [0.717, 1.165) is 0 Å². The third-order valence-electron chi connectivity index (χ3n) is 3.10. The van der Waals surface area contributed by atoms with E-state index in [-0.39, 0.29) is 12.4 Å². The molecule has 2 rings (SSSR count). The average Bonchev–Trinajstić information content (AvgIpc) is 2.91. The maximum absolute atomic E-state index is 13.0. The van der Waals surface area contributed by atoms with Gasteiger partial charge in [0.1, 0.15) is 11.5 Å². The lowest BCUT2D eigenvalue weighted by Crippen LogP contribution is -2.37. The number of hydrogen-bond donors (Lipinski definition) is 0. The normalized spacial score (nSPS) is 11.4. The Kier molecular flexibility index (Phi) is 7.52. The summed E-state index contributed by atoms with van der Waals surface area (Å²) in [5.74, 6) is -0.438. The van der Waals surface area contributed by atoms with Crippen LogP contribution in [-0.2, 0) is 21.9 Å². The van der Waals surface area contributed by atoms with Crippen LogP contribution >= 0.6 is 0 Å². The molecule has 28 heavy (non-hydrogen) atoms. The smallest absolute Gasteiger partial charge is 0.485 e. The van der Waals surface area contributed by atoms with E-state index in [1.54, 1.807) is 41.7 Å². The molecule has 0 aliphatic rings.